The van der Waals surface area contributed by atoms with E-state index in [0.29, 0.717) is 35.2 Å². The van der Waals surface area contributed by atoms with Gasteiger partial charge in [0.2, 0.25) is 5.91 Å². The van der Waals surface area contributed by atoms with Crippen LogP contribution in [0.25, 0.3) is 11.0 Å². The summed E-state index contributed by atoms with van der Waals surface area (Å²) in [6.07, 6.45) is 3.54. The third-order valence-corrected chi connectivity index (χ3v) is 5.73. The Morgan fingerprint density at radius 3 is 2.63 bits per heavy atom. The van der Waals surface area contributed by atoms with E-state index in [-0.39, 0.29) is 11.8 Å². The molecular formula is C19H16N4O2S2. The van der Waals surface area contributed by atoms with Crippen molar-refractivity contribution in [3.63, 3.8) is 0 Å². The Bertz CT molecular complexity index is 1070. The molecule has 6 nitrogen and oxygen atoms in total. The van der Waals surface area contributed by atoms with Crippen LogP contribution in [0.2, 0.25) is 0 Å². The van der Waals surface area contributed by atoms with Gasteiger partial charge in [-0.15, -0.1) is 22.7 Å². The van der Waals surface area contributed by atoms with Crippen LogP contribution in [0.15, 0.2) is 53.5 Å². The Morgan fingerprint density at radius 1 is 1.11 bits per heavy atom. The quantitative estimate of drug-likeness (QED) is 0.463. The molecule has 0 bridgehead atoms. The number of amides is 2. The summed E-state index contributed by atoms with van der Waals surface area (Å²) in [5.41, 5.74) is 1.67. The molecule has 0 saturated carbocycles. The zero-order chi connectivity index (χ0) is 18.6. The van der Waals surface area contributed by atoms with E-state index in [1.807, 2.05) is 35.0 Å². The van der Waals surface area contributed by atoms with Gasteiger partial charge in [-0.25, -0.2) is 4.98 Å². The van der Waals surface area contributed by atoms with Gasteiger partial charge in [0.15, 0.2) is 0 Å². The van der Waals surface area contributed by atoms with E-state index >= 15 is 0 Å². The van der Waals surface area contributed by atoms with Gasteiger partial charge in [-0.2, -0.15) is 0 Å². The number of carbonyl (C=O) groups excluding carboxylic acids is 2. The molecular weight excluding hydrogens is 380 g/mol. The number of thiophene rings is 2. The van der Waals surface area contributed by atoms with Crippen LogP contribution in [-0.2, 0) is 17.8 Å². The second-order valence-electron chi connectivity index (χ2n) is 5.89. The summed E-state index contributed by atoms with van der Waals surface area (Å²) in [5.74, 6) is -0.295. The molecule has 0 aliphatic rings. The summed E-state index contributed by atoms with van der Waals surface area (Å²) in [7, 11) is 0. The van der Waals surface area contributed by atoms with E-state index in [1.165, 1.54) is 0 Å². The molecule has 136 valence electrons. The van der Waals surface area contributed by atoms with Gasteiger partial charge in [-0.1, -0.05) is 12.1 Å². The number of hydrogen-bond acceptors (Lipinski definition) is 5. The molecule has 8 heteroatoms. The third-order valence-electron chi connectivity index (χ3n) is 3.98. The molecule has 2 amide bonds. The fraction of sp³-hybridized carbons (Fsp3) is 0.105. The number of H-pyrrole nitrogens is 1. The summed E-state index contributed by atoms with van der Waals surface area (Å²) >= 11 is 3.14. The van der Waals surface area contributed by atoms with E-state index in [1.54, 1.807) is 41.1 Å². The highest BCUT2D eigenvalue weighted by Gasteiger charge is 2.14. The molecule has 4 heterocycles. The molecule has 27 heavy (non-hydrogen) atoms. The number of rotatable bonds is 6. The first kappa shape index (κ1) is 17.4. The minimum atomic E-state index is -0.182. The van der Waals surface area contributed by atoms with Gasteiger partial charge in [0, 0.05) is 21.3 Å². The lowest BCUT2D eigenvalue weighted by Gasteiger charge is -2.05. The predicted octanol–water partition coefficient (Wildman–Crippen LogP) is 3.80. The molecule has 3 N–H and O–H groups in total. The molecule has 4 aromatic heterocycles. The molecule has 0 spiro atoms. The van der Waals surface area contributed by atoms with Crippen LogP contribution in [0.4, 0.5) is 5.69 Å². The smallest absolute Gasteiger partial charge is 0.253 e. The first-order valence-electron chi connectivity index (χ1n) is 8.29. The topological polar surface area (TPSA) is 86.9 Å². The molecule has 4 rings (SSSR count). The van der Waals surface area contributed by atoms with Crippen LogP contribution in [0, 0.1) is 0 Å². The lowest BCUT2D eigenvalue weighted by atomic mass is 10.2. The highest BCUT2D eigenvalue weighted by molar-refractivity contribution is 7.10. The third kappa shape index (κ3) is 4.07. The molecule has 0 saturated heterocycles. The fourth-order valence-electron chi connectivity index (χ4n) is 2.71. The molecule has 0 radical (unpaired) electrons. The van der Waals surface area contributed by atoms with Gasteiger partial charge in [0.1, 0.15) is 5.65 Å². The van der Waals surface area contributed by atoms with Crippen LogP contribution in [0.1, 0.15) is 20.1 Å². The Kier molecular flexibility index (Phi) is 4.99. The van der Waals surface area contributed by atoms with Crippen LogP contribution < -0.4 is 10.6 Å². The number of nitrogens with one attached hydrogen (secondary N) is 3. The Morgan fingerprint density at radius 2 is 1.89 bits per heavy atom. The summed E-state index contributed by atoms with van der Waals surface area (Å²) in [6.45, 7) is 0.480. The summed E-state index contributed by atoms with van der Waals surface area (Å²) in [5, 5.41) is 10.3. The average Bonchev–Trinajstić information content (AvgIpc) is 3.41. The van der Waals surface area contributed by atoms with Crippen molar-refractivity contribution in [1.29, 1.82) is 0 Å². The Labute approximate surface area is 163 Å². The normalized spacial score (nSPS) is 10.8. The van der Waals surface area contributed by atoms with Crippen LogP contribution in [-0.4, -0.2) is 21.8 Å². The summed E-state index contributed by atoms with van der Waals surface area (Å²) in [6, 6.07) is 9.54. The Hall–Kier alpha value is -2.97. The van der Waals surface area contributed by atoms with Crippen molar-refractivity contribution in [2.75, 3.05) is 5.32 Å². The molecule has 0 unspecified atom stereocenters. The maximum atomic E-state index is 12.5. The zero-order valence-electron chi connectivity index (χ0n) is 14.2. The van der Waals surface area contributed by atoms with Gasteiger partial charge in [0.25, 0.3) is 5.91 Å². The van der Waals surface area contributed by atoms with E-state index in [2.05, 4.69) is 20.6 Å². The van der Waals surface area contributed by atoms with Crippen molar-refractivity contribution in [2.45, 2.75) is 13.0 Å². The van der Waals surface area contributed by atoms with E-state index in [9.17, 15) is 9.59 Å². The summed E-state index contributed by atoms with van der Waals surface area (Å²) in [4.78, 5) is 34.1. The van der Waals surface area contributed by atoms with Crippen molar-refractivity contribution in [2.24, 2.45) is 0 Å². The minimum Gasteiger partial charge on any atom is -0.347 e. The molecule has 4 aromatic rings. The number of carbonyl (C=O) groups is 2. The highest BCUT2D eigenvalue weighted by atomic mass is 32.1. The molecule has 0 aliphatic carbocycles. The first-order chi connectivity index (χ1) is 13.2. The van der Waals surface area contributed by atoms with Crippen molar-refractivity contribution in [3.8, 4) is 0 Å². The SMILES string of the molecule is O=C(Cc1cccs1)Nc1cnc2[nH]cc(C(=O)NCc3cccs3)c2c1. The fourth-order valence-corrected chi connectivity index (χ4v) is 4.06. The second-order valence-corrected chi connectivity index (χ2v) is 7.95. The maximum absolute atomic E-state index is 12.5. The largest absolute Gasteiger partial charge is 0.347 e. The number of aromatic amines is 1. The predicted molar refractivity (Wildman–Crippen MR) is 108 cm³/mol. The monoisotopic (exact) mass is 396 g/mol. The lowest BCUT2D eigenvalue weighted by molar-refractivity contribution is -0.115. The van der Waals surface area contributed by atoms with Gasteiger partial charge in [0.05, 0.1) is 30.4 Å². The molecule has 0 aromatic carbocycles. The molecule has 0 atom stereocenters. The maximum Gasteiger partial charge on any atom is 0.253 e. The summed E-state index contributed by atoms with van der Waals surface area (Å²) < 4.78 is 0. The van der Waals surface area contributed by atoms with Crippen molar-refractivity contribution in [3.05, 3.63) is 68.8 Å². The first-order valence-corrected chi connectivity index (χ1v) is 10.0. The Balaban J connectivity index is 1.48. The van der Waals surface area contributed by atoms with Crippen molar-refractivity contribution in [1.82, 2.24) is 15.3 Å². The number of anilines is 1. The van der Waals surface area contributed by atoms with Gasteiger partial charge in [-0.05, 0) is 29.0 Å². The number of pyridine rings is 1. The average molecular weight is 396 g/mol. The van der Waals surface area contributed by atoms with Gasteiger partial charge < -0.3 is 15.6 Å². The van der Waals surface area contributed by atoms with Crippen molar-refractivity contribution >= 4 is 51.2 Å². The molecule has 0 aliphatic heterocycles. The van der Waals surface area contributed by atoms with Gasteiger partial charge >= 0.3 is 0 Å². The van der Waals surface area contributed by atoms with Crippen LogP contribution in [0.5, 0.6) is 0 Å². The van der Waals surface area contributed by atoms with E-state index in [0.717, 1.165) is 9.75 Å². The van der Waals surface area contributed by atoms with E-state index in [4.69, 9.17) is 0 Å². The minimum absolute atomic E-state index is 0.113. The van der Waals surface area contributed by atoms with E-state index < -0.39 is 0 Å². The standard InChI is InChI=1S/C19H16N4O2S2/c24-17(8-13-3-1-5-26-13)23-12-7-15-16(11-21-18(15)20-9-12)19(25)22-10-14-4-2-6-27-14/h1-7,9,11H,8,10H2,(H,20,21)(H,22,25)(H,23,24). The highest BCUT2D eigenvalue weighted by Crippen LogP contribution is 2.21. The zero-order valence-corrected chi connectivity index (χ0v) is 15.8. The number of aromatic nitrogens is 2. The van der Waals surface area contributed by atoms with Gasteiger partial charge in [-0.3, -0.25) is 9.59 Å². The van der Waals surface area contributed by atoms with Crippen LogP contribution in [0.3, 0.4) is 0 Å². The molecule has 0 fully saturated rings. The lowest BCUT2D eigenvalue weighted by Crippen LogP contribution is -2.22. The number of fused-ring (bicyclic) bond motifs is 1. The van der Waals surface area contributed by atoms with Crippen molar-refractivity contribution < 1.29 is 9.59 Å². The van der Waals surface area contributed by atoms with Crippen LogP contribution >= 0.6 is 22.7 Å². The number of hydrogen-bond donors (Lipinski definition) is 3. The second kappa shape index (κ2) is 7.73. The number of nitrogens with zero attached hydrogens (tertiary/aromatic N) is 1.